The molecule has 0 aromatic heterocycles. The minimum Gasteiger partial charge on any atom is -0.0622 e. The zero-order chi connectivity index (χ0) is 77.5. The van der Waals surface area contributed by atoms with Gasteiger partial charge in [0, 0.05) is 0 Å². The van der Waals surface area contributed by atoms with Crippen molar-refractivity contribution in [2.45, 2.75) is 0 Å². The van der Waals surface area contributed by atoms with Gasteiger partial charge in [-0.15, -0.1) is 0 Å². The predicted octanol–water partition coefficient (Wildman–Crippen LogP) is 20.7. The van der Waals surface area contributed by atoms with Crippen molar-refractivity contribution >= 4 is 143 Å². The van der Waals surface area contributed by atoms with Gasteiger partial charge < -0.3 is 0 Å². The SMILES string of the molecule is c1ccc(P(c2ccccc2)c2ccccc2)cc1.c1ccc(P(c2ccccc2)c2ccccc2)cc1.c1ccc(P(c2ccccc2)c2ccccc2)cc1.c1ccc(P(c2ccccc2)c2ccccc2)cc1.c1ccc(P(c2ccccc2)c2ccccc2)cc1.c1ccc(P(c2ccccc2)c2ccccc2)cc1. The van der Waals surface area contributed by atoms with E-state index in [1.165, 1.54) is 95.5 Å². The lowest BCUT2D eigenvalue weighted by atomic mass is 10.4. The highest BCUT2D eigenvalue weighted by molar-refractivity contribution is 7.81. The molecule has 0 aliphatic rings. The second kappa shape index (κ2) is 45.3. The molecule has 0 aliphatic carbocycles. The molecule has 0 unspecified atom stereocenters. The Kier molecular flexibility index (Phi) is 32.0. The van der Waals surface area contributed by atoms with E-state index in [4.69, 9.17) is 0 Å². The summed E-state index contributed by atoms with van der Waals surface area (Å²) in [6.45, 7) is 0. The van der Waals surface area contributed by atoms with Gasteiger partial charge in [-0.25, -0.2) is 0 Å². The first kappa shape index (κ1) is 80.6. The molecule has 0 amide bonds. The summed E-state index contributed by atoms with van der Waals surface area (Å²) in [5, 5.41) is 25.2. The molecule has 6 heteroatoms. The van der Waals surface area contributed by atoms with Gasteiger partial charge in [0.2, 0.25) is 0 Å². The lowest BCUT2D eigenvalue weighted by molar-refractivity contribution is 1.74. The Hall–Kier alpha value is -11.5. The van der Waals surface area contributed by atoms with E-state index < -0.39 is 47.5 Å². The second-order valence-electron chi connectivity index (χ2n) is 26.1. The monoisotopic (exact) mass is 1570 g/mol. The van der Waals surface area contributed by atoms with Gasteiger partial charge in [-0.05, 0) is 143 Å². The van der Waals surface area contributed by atoms with Crippen LogP contribution in [0.5, 0.6) is 0 Å². The fourth-order valence-electron chi connectivity index (χ4n) is 13.1. The molecule has 0 heterocycles. The molecule has 0 atom stereocenters. The van der Waals surface area contributed by atoms with E-state index in [-0.39, 0.29) is 0 Å². The maximum atomic E-state index is 2.23. The molecule has 114 heavy (non-hydrogen) atoms. The molecule has 0 fully saturated rings. The maximum Gasteiger partial charge on any atom is -0.0134 e. The average molecular weight is 1570 g/mol. The van der Waals surface area contributed by atoms with Gasteiger partial charge >= 0.3 is 0 Å². The summed E-state index contributed by atoms with van der Waals surface area (Å²) in [7, 11) is -2.68. The molecule has 18 aromatic rings. The summed E-state index contributed by atoms with van der Waals surface area (Å²) >= 11 is 0. The van der Waals surface area contributed by atoms with Crippen LogP contribution in [0.3, 0.4) is 0 Å². The van der Waals surface area contributed by atoms with Crippen LogP contribution >= 0.6 is 47.5 Å². The van der Waals surface area contributed by atoms with E-state index in [1.54, 1.807) is 0 Å². The summed E-state index contributed by atoms with van der Waals surface area (Å²) in [6.07, 6.45) is 0. The van der Waals surface area contributed by atoms with Crippen molar-refractivity contribution in [2.24, 2.45) is 0 Å². The summed E-state index contributed by atoms with van der Waals surface area (Å²) in [5.74, 6) is 0. The fourth-order valence-corrected chi connectivity index (χ4v) is 26.9. The van der Waals surface area contributed by atoms with E-state index in [0.29, 0.717) is 0 Å². The van der Waals surface area contributed by atoms with Crippen LogP contribution in [-0.2, 0) is 0 Å². The molecule has 0 saturated heterocycles. The van der Waals surface area contributed by atoms with Crippen LogP contribution in [0.25, 0.3) is 0 Å². The van der Waals surface area contributed by atoms with Crippen molar-refractivity contribution in [3.63, 3.8) is 0 Å². The Morgan fingerprint density at radius 2 is 0.105 bits per heavy atom. The highest BCUT2D eigenvalue weighted by Crippen LogP contribution is 2.37. The van der Waals surface area contributed by atoms with Crippen LogP contribution in [0.1, 0.15) is 0 Å². The lowest BCUT2D eigenvalue weighted by Gasteiger charge is -2.18. The Balaban J connectivity index is 0.000000119. The molecule has 0 nitrogen and oxygen atoms in total. The van der Waals surface area contributed by atoms with Gasteiger partial charge in [-0.2, -0.15) is 0 Å². The zero-order valence-electron chi connectivity index (χ0n) is 63.6. The van der Waals surface area contributed by atoms with Crippen LogP contribution in [0.15, 0.2) is 546 Å². The molecular weight excluding hydrogens is 1480 g/mol. The Bertz CT molecular complexity index is 4060. The molecular formula is C108H90P6. The zero-order valence-corrected chi connectivity index (χ0v) is 69.0. The molecule has 0 spiro atoms. The van der Waals surface area contributed by atoms with Gasteiger partial charge in [0.1, 0.15) is 0 Å². The number of hydrogen-bond acceptors (Lipinski definition) is 0. The Labute approximate surface area is 683 Å². The smallest absolute Gasteiger partial charge is 0.0134 e. The van der Waals surface area contributed by atoms with Crippen molar-refractivity contribution in [1.82, 2.24) is 0 Å². The first-order valence-corrected chi connectivity index (χ1v) is 46.5. The topological polar surface area (TPSA) is 0 Å². The third kappa shape index (κ3) is 23.8. The molecule has 0 aliphatic heterocycles. The maximum absolute atomic E-state index is 2.23. The van der Waals surface area contributed by atoms with Crippen LogP contribution < -0.4 is 95.5 Å². The van der Waals surface area contributed by atoms with Gasteiger partial charge in [-0.1, -0.05) is 546 Å². The van der Waals surface area contributed by atoms with Crippen molar-refractivity contribution in [3.8, 4) is 0 Å². The lowest BCUT2D eigenvalue weighted by Crippen LogP contribution is -2.20. The van der Waals surface area contributed by atoms with E-state index in [1.807, 2.05) is 0 Å². The summed E-state index contributed by atoms with van der Waals surface area (Å²) in [4.78, 5) is 0. The van der Waals surface area contributed by atoms with Crippen molar-refractivity contribution in [1.29, 1.82) is 0 Å². The Morgan fingerprint density at radius 3 is 0.149 bits per heavy atom. The molecule has 0 N–H and O–H groups in total. The quantitative estimate of drug-likeness (QED) is 0.0751. The van der Waals surface area contributed by atoms with Gasteiger partial charge in [0.15, 0.2) is 0 Å². The van der Waals surface area contributed by atoms with Crippen molar-refractivity contribution in [2.75, 3.05) is 0 Å². The number of rotatable bonds is 18. The van der Waals surface area contributed by atoms with Crippen molar-refractivity contribution < 1.29 is 0 Å². The highest BCUT2D eigenvalue weighted by Gasteiger charge is 2.21. The van der Waals surface area contributed by atoms with Crippen LogP contribution in [-0.4, -0.2) is 0 Å². The largest absolute Gasteiger partial charge is 0.0622 e. The number of hydrogen-bond donors (Lipinski definition) is 0. The molecule has 0 radical (unpaired) electrons. The van der Waals surface area contributed by atoms with Crippen LogP contribution in [0.4, 0.5) is 0 Å². The summed E-state index contributed by atoms with van der Waals surface area (Å²) in [6, 6.07) is 194. The predicted molar refractivity (Wildman–Crippen MR) is 511 cm³/mol. The van der Waals surface area contributed by atoms with E-state index in [0.717, 1.165) is 0 Å². The molecule has 552 valence electrons. The standard InChI is InChI=1S/6C18H15P/c6*1-4-10-16(11-5-1)19(17-12-6-2-7-13-17)18-14-8-3-9-15-18/h6*1-15H. The van der Waals surface area contributed by atoms with Gasteiger partial charge in [0.05, 0.1) is 0 Å². The Morgan fingerprint density at radius 1 is 0.0614 bits per heavy atom. The van der Waals surface area contributed by atoms with Crippen LogP contribution in [0.2, 0.25) is 0 Å². The van der Waals surface area contributed by atoms with Crippen molar-refractivity contribution in [3.05, 3.63) is 546 Å². The third-order valence-electron chi connectivity index (χ3n) is 18.3. The minimum atomic E-state index is -0.446. The number of benzene rings is 18. The highest BCUT2D eigenvalue weighted by atomic mass is 31.1. The first-order chi connectivity index (χ1) is 56.7. The molecule has 18 aromatic carbocycles. The van der Waals surface area contributed by atoms with E-state index in [2.05, 4.69) is 546 Å². The van der Waals surface area contributed by atoms with E-state index in [9.17, 15) is 0 Å². The third-order valence-corrected chi connectivity index (χ3v) is 32.9. The fraction of sp³-hybridized carbons (Fsp3) is 0. The molecule has 0 bridgehead atoms. The molecule has 0 saturated carbocycles. The second-order valence-corrected chi connectivity index (χ2v) is 39.4. The summed E-state index contributed by atoms with van der Waals surface area (Å²) in [5.41, 5.74) is 0. The first-order valence-electron chi connectivity index (χ1n) is 38.4. The average Bonchev–Trinajstić information content (AvgIpc) is 0.855. The minimum absolute atomic E-state index is 0.446. The summed E-state index contributed by atoms with van der Waals surface area (Å²) < 4.78 is 0. The van der Waals surface area contributed by atoms with Gasteiger partial charge in [0.25, 0.3) is 0 Å². The van der Waals surface area contributed by atoms with Gasteiger partial charge in [-0.3, -0.25) is 0 Å². The normalized spacial score (nSPS) is 10.6. The van der Waals surface area contributed by atoms with E-state index >= 15 is 0 Å². The molecule has 18 rings (SSSR count). The van der Waals surface area contributed by atoms with Crippen LogP contribution in [0, 0.1) is 0 Å².